The number of aliphatic hydroxyl groups excluding tert-OH is 1. The van der Waals surface area contributed by atoms with Gasteiger partial charge in [-0.05, 0) is 49.7 Å². The van der Waals surface area contributed by atoms with E-state index in [9.17, 15) is 5.11 Å². The molecule has 1 N–H and O–H groups in total. The normalized spacial score (nSPS) is 23.3. The quantitative estimate of drug-likeness (QED) is 0.858. The predicted octanol–water partition coefficient (Wildman–Crippen LogP) is 2.70. The van der Waals surface area contributed by atoms with Gasteiger partial charge in [-0.2, -0.15) is 0 Å². The maximum atomic E-state index is 10.4. The Balaban J connectivity index is 1.75. The van der Waals surface area contributed by atoms with Crippen LogP contribution in [0, 0.1) is 5.92 Å². The second-order valence-electron chi connectivity index (χ2n) is 4.85. The molecule has 16 heavy (non-hydrogen) atoms. The van der Waals surface area contributed by atoms with E-state index in [1.807, 2.05) is 11.3 Å². The first-order chi connectivity index (χ1) is 7.84. The molecule has 0 bridgehead atoms. The van der Waals surface area contributed by atoms with Crippen LogP contribution in [0.15, 0.2) is 6.07 Å². The van der Waals surface area contributed by atoms with E-state index in [4.69, 9.17) is 4.74 Å². The third-order valence-corrected chi connectivity index (χ3v) is 5.08. The molecule has 1 unspecified atom stereocenters. The number of aliphatic hydroxyl groups is 1. The highest BCUT2D eigenvalue weighted by molar-refractivity contribution is 7.12. The maximum absolute atomic E-state index is 10.4. The average Bonchev–Trinajstić information content (AvgIpc) is 2.89. The summed E-state index contributed by atoms with van der Waals surface area (Å²) in [6, 6.07) is 2.24. The van der Waals surface area contributed by atoms with Crippen LogP contribution in [0.2, 0.25) is 0 Å². The Bertz CT molecular complexity index is 345. The Hall–Kier alpha value is -0.380. The summed E-state index contributed by atoms with van der Waals surface area (Å²) in [7, 11) is 0. The molecule has 2 heterocycles. The van der Waals surface area contributed by atoms with E-state index < -0.39 is 0 Å². The zero-order valence-corrected chi connectivity index (χ0v) is 10.3. The van der Waals surface area contributed by atoms with E-state index in [1.54, 1.807) is 0 Å². The van der Waals surface area contributed by atoms with Crippen molar-refractivity contribution in [1.82, 2.24) is 0 Å². The molecule has 1 atom stereocenters. The summed E-state index contributed by atoms with van der Waals surface area (Å²) in [5.41, 5.74) is 1.49. The summed E-state index contributed by atoms with van der Waals surface area (Å²) < 4.78 is 5.34. The minimum Gasteiger partial charge on any atom is -0.387 e. The van der Waals surface area contributed by atoms with Crippen molar-refractivity contribution in [3.63, 3.8) is 0 Å². The standard InChI is InChI=1S/C13H18O2S/c14-13(9-4-6-15-7-5-9)12-8-10-2-1-3-11(10)16-12/h8-9,13-14H,1-7H2. The first-order valence-corrected chi connectivity index (χ1v) is 7.03. The fourth-order valence-electron chi connectivity index (χ4n) is 2.76. The first-order valence-electron chi connectivity index (χ1n) is 6.22. The number of hydrogen-bond acceptors (Lipinski definition) is 3. The summed E-state index contributed by atoms with van der Waals surface area (Å²) in [5.74, 6) is 0.410. The Morgan fingerprint density at radius 2 is 2.12 bits per heavy atom. The second-order valence-corrected chi connectivity index (χ2v) is 6.01. The van der Waals surface area contributed by atoms with Gasteiger partial charge in [-0.3, -0.25) is 0 Å². The van der Waals surface area contributed by atoms with Crippen LogP contribution in [-0.4, -0.2) is 18.3 Å². The fraction of sp³-hybridized carbons (Fsp3) is 0.692. The van der Waals surface area contributed by atoms with E-state index in [0.717, 1.165) is 26.1 Å². The molecule has 0 amide bonds. The molecule has 1 aromatic rings. The summed E-state index contributed by atoms with van der Waals surface area (Å²) in [6.45, 7) is 1.62. The molecule has 1 saturated heterocycles. The van der Waals surface area contributed by atoms with Crippen molar-refractivity contribution in [3.8, 4) is 0 Å². The molecule has 3 rings (SSSR count). The number of ether oxygens (including phenoxy) is 1. The number of fused-ring (bicyclic) bond motifs is 1. The van der Waals surface area contributed by atoms with Crippen molar-refractivity contribution < 1.29 is 9.84 Å². The monoisotopic (exact) mass is 238 g/mol. The Morgan fingerprint density at radius 3 is 2.88 bits per heavy atom. The van der Waals surface area contributed by atoms with Crippen molar-refractivity contribution in [1.29, 1.82) is 0 Å². The average molecular weight is 238 g/mol. The molecule has 0 radical (unpaired) electrons. The van der Waals surface area contributed by atoms with E-state index in [2.05, 4.69) is 6.07 Å². The van der Waals surface area contributed by atoms with Crippen LogP contribution in [0.3, 0.4) is 0 Å². The van der Waals surface area contributed by atoms with Gasteiger partial charge in [0.25, 0.3) is 0 Å². The van der Waals surface area contributed by atoms with E-state index >= 15 is 0 Å². The molecule has 1 fully saturated rings. The fourth-order valence-corrected chi connectivity index (χ4v) is 4.10. The van der Waals surface area contributed by atoms with Crippen molar-refractivity contribution >= 4 is 11.3 Å². The highest BCUT2D eigenvalue weighted by Gasteiger charge is 2.26. The zero-order chi connectivity index (χ0) is 11.0. The van der Waals surface area contributed by atoms with Crippen LogP contribution in [0.4, 0.5) is 0 Å². The zero-order valence-electron chi connectivity index (χ0n) is 9.45. The SMILES string of the molecule is OC(c1cc2c(s1)CCC2)C1CCOCC1. The van der Waals surface area contributed by atoms with Gasteiger partial charge in [0.05, 0.1) is 6.10 Å². The van der Waals surface area contributed by atoms with Gasteiger partial charge in [0.15, 0.2) is 0 Å². The molecule has 1 aliphatic carbocycles. The Labute approximate surface area is 100 Å². The molecule has 2 nitrogen and oxygen atoms in total. The topological polar surface area (TPSA) is 29.5 Å². The third kappa shape index (κ3) is 1.92. The van der Waals surface area contributed by atoms with Crippen LogP contribution in [0.1, 0.15) is 40.7 Å². The molecule has 0 spiro atoms. The van der Waals surface area contributed by atoms with Gasteiger partial charge in [0.1, 0.15) is 0 Å². The minimum atomic E-state index is -0.250. The number of hydrogen-bond donors (Lipinski definition) is 1. The van der Waals surface area contributed by atoms with Gasteiger partial charge >= 0.3 is 0 Å². The molecule has 2 aliphatic rings. The van der Waals surface area contributed by atoms with Crippen molar-refractivity contribution in [2.45, 2.75) is 38.2 Å². The molecule has 1 aliphatic heterocycles. The summed E-state index contributed by atoms with van der Waals surface area (Å²) in [6.07, 6.45) is 5.49. The molecule has 0 aromatic carbocycles. The largest absolute Gasteiger partial charge is 0.387 e. The van der Waals surface area contributed by atoms with Crippen molar-refractivity contribution in [3.05, 3.63) is 21.4 Å². The van der Waals surface area contributed by atoms with Gasteiger partial charge in [-0.15, -0.1) is 11.3 Å². The van der Waals surface area contributed by atoms with Gasteiger partial charge < -0.3 is 9.84 Å². The van der Waals surface area contributed by atoms with E-state index in [1.165, 1.54) is 34.6 Å². The lowest BCUT2D eigenvalue weighted by atomic mass is 9.93. The first kappa shape index (κ1) is 10.8. The maximum Gasteiger partial charge on any atom is 0.0911 e. The lowest BCUT2D eigenvalue weighted by molar-refractivity contribution is 0.00852. The van der Waals surface area contributed by atoms with Crippen LogP contribution >= 0.6 is 11.3 Å². The smallest absolute Gasteiger partial charge is 0.0911 e. The van der Waals surface area contributed by atoms with Crippen LogP contribution in [0.25, 0.3) is 0 Å². The molecule has 3 heteroatoms. The number of rotatable bonds is 2. The minimum absolute atomic E-state index is 0.250. The lowest BCUT2D eigenvalue weighted by Gasteiger charge is -2.26. The Morgan fingerprint density at radius 1 is 1.31 bits per heavy atom. The highest BCUT2D eigenvalue weighted by Crippen LogP contribution is 2.38. The molecule has 1 aromatic heterocycles. The van der Waals surface area contributed by atoms with Gasteiger partial charge in [0.2, 0.25) is 0 Å². The number of thiophene rings is 1. The predicted molar refractivity (Wildman–Crippen MR) is 64.8 cm³/mol. The van der Waals surface area contributed by atoms with Gasteiger partial charge in [0, 0.05) is 23.0 Å². The summed E-state index contributed by atoms with van der Waals surface area (Å²) >= 11 is 1.83. The summed E-state index contributed by atoms with van der Waals surface area (Å²) in [5, 5.41) is 10.4. The summed E-state index contributed by atoms with van der Waals surface area (Å²) in [4.78, 5) is 2.71. The van der Waals surface area contributed by atoms with E-state index in [-0.39, 0.29) is 6.10 Å². The molecular formula is C13H18O2S. The van der Waals surface area contributed by atoms with E-state index in [0.29, 0.717) is 5.92 Å². The van der Waals surface area contributed by atoms with Crippen molar-refractivity contribution in [2.75, 3.05) is 13.2 Å². The van der Waals surface area contributed by atoms with Gasteiger partial charge in [-0.25, -0.2) is 0 Å². The second kappa shape index (κ2) is 4.47. The van der Waals surface area contributed by atoms with Crippen LogP contribution < -0.4 is 0 Å². The van der Waals surface area contributed by atoms with Gasteiger partial charge in [-0.1, -0.05) is 0 Å². The van der Waals surface area contributed by atoms with Crippen LogP contribution in [-0.2, 0) is 17.6 Å². The number of aryl methyl sites for hydroxylation is 2. The van der Waals surface area contributed by atoms with Crippen LogP contribution in [0.5, 0.6) is 0 Å². The van der Waals surface area contributed by atoms with Crippen molar-refractivity contribution in [2.24, 2.45) is 5.92 Å². The molecular weight excluding hydrogens is 220 g/mol. The molecule has 0 saturated carbocycles. The highest BCUT2D eigenvalue weighted by atomic mass is 32.1. The Kier molecular flexibility index (Phi) is 3.01. The molecule has 88 valence electrons. The lowest BCUT2D eigenvalue weighted by Crippen LogP contribution is -2.21. The third-order valence-electron chi connectivity index (χ3n) is 3.77.